The standard InChI is InChI=1S/C14H18N2O4S/c1-9-4-5-10(2)11(8-9)15-14(18)12-6-7-13(17)16(12)21(3,19)20/h4-5,8,12H,6-7H2,1-3H3,(H,15,18). The highest BCUT2D eigenvalue weighted by Crippen LogP contribution is 2.24. The molecule has 1 N–H and O–H groups in total. The van der Waals surface area contributed by atoms with E-state index in [0.717, 1.165) is 17.4 Å². The van der Waals surface area contributed by atoms with Crippen molar-refractivity contribution in [3.8, 4) is 0 Å². The van der Waals surface area contributed by atoms with Gasteiger partial charge < -0.3 is 5.32 Å². The Labute approximate surface area is 124 Å². The van der Waals surface area contributed by atoms with Crippen molar-refractivity contribution in [3.63, 3.8) is 0 Å². The first-order valence-corrected chi connectivity index (χ1v) is 8.45. The fraction of sp³-hybridized carbons (Fsp3) is 0.429. The van der Waals surface area contributed by atoms with Crippen molar-refractivity contribution < 1.29 is 18.0 Å². The van der Waals surface area contributed by atoms with E-state index < -0.39 is 27.9 Å². The number of carbonyl (C=O) groups excluding carboxylic acids is 2. The minimum absolute atomic E-state index is 0.0674. The zero-order valence-electron chi connectivity index (χ0n) is 12.2. The zero-order chi connectivity index (χ0) is 15.8. The van der Waals surface area contributed by atoms with Crippen LogP contribution in [0.4, 0.5) is 5.69 Å². The molecule has 1 fully saturated rings. The van der Waals surface area contributed by atoms with E-state index in [1.54, 1.807) is 0 Å². The van der Waals surface area contributed by atoms with E-state index in [-0.39, 0.29) is 12.8 Å². The molecular formula is C14H18N2O4S. The Morgan fingerprint density at radius 1 is 1.33 bits per heavy atom. The maximum atomic E-state index is 12.3. The maximum Gasteiger partial charge on any atom is 0.248 e. The van der Waals surface area contributed by atoms with Gasteiger partial charge in [-0.15, -0.1) is 0 Å². The number of benzene rings is 1. The van der Waals surface area contributed by atoms with Crippen molar-refractivity contribution in [3.05, 3.63) is 29.3 Å². The lowest BCUT2D eigenvalue weighted by Gasteiger charge is -2.22. The SMILES string of the molecule is Cc1ccc(C)c(NC(=O)C2CCC(=O)N2S(C)(=O)=O)c1. The molecule has 1 aliphatic heterocycles. The number of rotatable bonds is 3. The van der Waals surface area contributed by atoms with Gasteiger partial charge in [-0.1, -0.05) is 12.1 Å². The van der Waals surface area contributed by atoms with E-state index in [4.69, 9.17) is 0 Å². The first-order chi connectivity index (χ1) is 9.70. The molecule has 2 amide bonds. The number of carbonyl (C=O) groups is 2. The Bertz CT molecular complexity index is 697. The van der Waals surface area contributed by atoms with Gasteiger partial charge in [-0.3, -0.25) is 9.59 Å². The smallest absolute Gasteiger partial charge is 0.248 e. The Morgan fingerprint density at radius 3 is 2.62 bits per heavy atom. The molecule has 1 aliphatic rings. The third-order valence-electron chi connectivity index (χ3n) is 3.47. The summed E-state index contributed by atoms with van der Waals surface area (Å²) >= 11 is 0. The molecule has 1 atom stereocenters. The van der Waals surface area contributed by atoms with E-state index in [1.165, 1.54) is 0 Å². The van der Waals surface area contributed by atoms with Gasteiger partial charge in [-0.05, 0) is 37.5 Å². The van der Waals surface area contributed by atoms with Crippen LogP contribution in [0.15, 0.2) is 18.2 Å². The van der Waals surface area contributed by atoms with Gasteiger partial charge in [-0.2, -0.15) is 0 Å². The summed E-state index contributed by atoms with van der Waals surface area (Å²) in [6, 6.07) is 4.65. The lowest BCUT2D eigenvalue weighted by atomic mass is 10.1. The second-order valence-corrected chi connectivity index (χ2v) is 7.17. The molecule has 2 rings (SSSR count). The first kappa shape index (κ1) is 15.5. The van der Waals surface area contributed by atoms with E-state index in [0.29, 0.717) is 9.99 Å². The minimum atomic E-state index is -3.73. The number of nitrogens with zero attached hydrogens (tertiary/aromatic N) is 1. The molecule has 0 aromatic heterocycles. The van der Waals surface area contributed by atoms with Crippen molar-refractivity contribution in [2.75, 3.05) is 11.6 Å². The Kier molecular flexibility index (Phi) is 4.04. The molecular weight excluding hydrogens is 292 g/mol. The number of sulfonamides is 1. The minimum Gasteiger partial charge on any atom is -0.324 e. The van der Waals surface area contributed by atoms with Gasteiger partial charge in [0.05, 0.1) is 6.26 Å². The van der Waals surface area contributed by atoms with Crippen molar-refractivity contribution in [2.24, 2.45) is 0 Å². The molecule has 1 aromatic rings. The molecule has 1 aromatic carbocycles. The summed E-state index contributed by atoms with van der Waals surface area (Å²) < 4.78 is 24.0. The third-order valence-corrected chi connectivity index (χ3v) is 4.64. The van der Waals surface area contributed by atoms with Crippen LogP contribution in [0.3, 0.4) is 0 Å². The Morgan fingerprint density at radius 2 is 2.00 bits per heavy atom. The van der Waals surface area contributed by atoms with Crippen molar-refractivity contribution in [1.29, 1.82) is 0 Å². The molecule has 0 aliphatic carbocycles. The first-order valence-electron chi connectivity index (χ1n) is 6.60. The number of anilines is 1. The number of amides is 2. The number of nitrogens with one attached hydrogen (secondary N) is 1. The molecule has 0 bridgehead atoms. The molecule has 21 heavy (non-hydrogen) atoms. The van der Waals surface area contributed by atoms with Gasteiger partial charge >= 0.3 is 0 Å². The van der Waals surface area contributed by atoms with Crippen molar-refractivity contribution >= 4 is 27.5 Å². The molecule has 1 saturated heterocycles. The molecule has 6 nitrogen and oxygen atoms in total. The normalized spacial score (nSPS) is 18.9. The van der Waals surface area contributed by atoms with Crippen molar-refractivity contribution in [2.45, 2.75) is 32.7 Å². The predicted molar refractivity (Wildman–Crippen MR) is 79.3 cm³/mol. The fourth-order valence-corrected chi connectivity index (χ4v) is 3.53. The van der Waals surface area contributed by atoms with Crippen LogP contribution in [0.2, 0.25) is 0 Å². The van der Waals surface area contributed by atoms with Crippen LogP contribution in [0.1, 0.15) is 24.0 Å². The molecule has 114 valence electrons. The van der Waals surface area contributed by atoms with Gasteiger partial charge in [0.2, 0.25) is 21.8 Å². The van der Waals surface area contributed by atoms with E-state index in [9.17, 15) is 18.0 Å². The molecule has 1 unspecified atom stereocenters. The van der Waals surface area contributed by atoms with Gasteiger partial charge in [0.15, 0.2) is 0 Å². The summed E-state index contributed by atoms with van der Waals surface area (Å²) in [5.74, 6) is -1.00. The number of hydrogen-bond donors (Lipinski definition) is 1. The second kappa shape index (κ2) is 5.48. The Balaban J connectivity index is 2.24. The summed E-state index contributed by atoms with van der Waals surface area (Å²) in [5, 5.41) is 2.72. The van der Waals surface area contributed by atoms with Crippen LogP contribution >= 0.6 is 0 Å². The van der Waals surface area contributed by atoms with Gasteiger partial charge in [-0.25, -0.2) is 12.7 Å². The van der Waals surface area contributed by atoms with Crippen LogP contribution in [-0.4, -0.2) is 36.8 Å². The molecule has 0 radical (unpaired) electrons. The number of hydrogen-bond acceptors (Lipinski definition) is 4. The van der Waals surface area contributed by atoms with Crippen LogP contribution < -0.4 is 5.32 Å². The average Bonchev–Trinajstić information content (AvgIpc) is 2.75. The largest absolute Gasteiger partial charge is 0.324 e. The second-order valence-electron chi connectivity index (χ2n) is 5.31. The quantitative estimate of drug-likeness (QED) is 0.909. The summed E-state index contributed by atoms with van der Waals surface area (Å²) in [7, 11) is -3.73. The molecule has 7 heteroatoms. The van der Waals surface area contributed by atoms with E-state index in [2.05, 4.69) is 5.32 Å². The molecule has 0 saturated carbocycles. The van der Waals surface area contributed by atoms with Crippen LogP contribution in [0.5, 0.6) is 0 Å². The third kappa shape index (κ3) is 3.24. The average molecular weight is 310 g/mol. The van der Waals surface area contributed by atoms with Crippen LogP contribution in [0, 0.1) is 13.8 Å². The topological polar surface area (TPSA) is 83.6 Å². The fourth-order valence-electron chi connectivity index (χ4n) is 2.40. The summed E-state index contributed by atoms with van der Waals surface area (Å²) in [5.41, 5.74) is 2.50. The highest BCUT2D eigenvalue weighted by atomic mass is 32.2. The van der Waals surface area contributed by atoms with E-state index in [1.807, 2.05) is 32.0 Å². The summed E-state index contributed by atoms with van der Waals surface area (Å²) in [4.78, 5) is 24.0. The van der Waals surface area contributed by atoms with Crippen LogP contribution in [0.25, 0.3) is 0 Å². The summed E-state index contributed by atoms with van der Waals surface area (Å²) in [6.07, 6.45) is 1.22. The predicted octanol–water partition coefficient (Wildman–Crippen LogP) is 1.19. The molecule has 1 heterocycles. The van der Waals surface area contributed by atoms with Gasteiger partial charge in [0.1, 0.15) is 6.04 Å². The van der Waals surface area contributed by atoms with Gasteiger partial charge in [0.25, 0.3) is 0 Å². The monoisotopic (exact) mass is 310 g/mol. The van der Waals surface area contributed by atoms with Crippen molar-refractivity contribution in [1.82, 2.24) is 4.31 Å². The van der Waals surface area contributed by atoms with Crippen LogP contribution in [-0.2, 0) is 19.6 Å². The lowest BCUT2D eigenvalue weighted by Crippen LogP contribution is -2.44. The maximum absolute atomic E-state index is 12.3. The zero-order valence-corrected chi connectivity index (χ0v) is 13.0. The highest BCUT2D eigenvalue weighted by Gasteiger charge is 2.41. The Hall–Kier alpha value is -1.89. The molecule has 0 spiro atoms. The lowest BCUT2D eigenvalue weighted by molar-refractivity contribution is -0.128. The number of aryl methyl sites for hydroxylation is 2. The van der Waals surface area contributed by atoms with Gasteiger partial charge in [0, 0.05) is 12.1 Å². The van der Waals surface area contributed by atoms with E-state index >= 15 is 0 Å². The summed E-state index contributed by atoms with van der Waals surface area (Å²) in [6.45, 7) is 3.75. The highest BCUT2D eigenvalue weighted by molar-refractivity contribution is 7.89.